The van der Waals surface area contributed by atoms with Gasteiger partial charge in [-0.05, 0) is 59.7 Å². The molecule has 0 aliphatic carbocycles. The van der Waals surface area contributed by atoms with E-state index in [9.17, 15) is 13.2 Å². The second kappa shape index (κ2) is 11.2. The Kier molecular flexibility index (Phi) is 7.81. The average Bonchev–Trinajstić information content (AvgIpc) is 3.34. The average molecular weight is 531 g/mol. The molecule has 3 aromatic carbocycles. The summed E-state index contributed by atoms with van der Waals surface area (Å²) >= 11 is 11.1. The first kappa shape index (κ1) is 25.1. The third kappa shape index (κ3) is 7.27. The summed E-state index contributed by atoms with van der Waals surface area (Å²) in [6.07, 6.45) is -1.64. The maximum absolute atomic E-state index is 12.3. The van der Waals surface area contributed by atoms with Crippen LogP contribution in [0.4, 0.5) is 13.2 Å². The predicted octanol–water partition coefficient (Wildman–Crippen LogP) is 5.48. The van der Waals surface area contributed by atoms with Gasteiger partial charge in [-0.3, -0.25) is 5.43 Å². The Morgan fingerprint density at radius 3 is 2.39 bits per heavy atom. The predicted molar refractivity (Wildman–Crippen MR) is 135 cm³/mol. The van der Waals surface area contributed by atoms with Crippen LogP contribution >= 0.6 is 23.8 Å². The lowest BCUT2D eigenvalue weighted by atomic mass is 10.1. The summed E-state index contributed by atoms with van der Waals surface area (Å²) < 4.78 is 42.3. The van der Waals surface area contributed by atoms with E-state index in [4.69, 9.17) is 23.8 Å². The number of nitrogens with one attached hydrogen (secondary N) is 2. The highest BCUT2D eigenvalue weighted by Crippen LogP contribution is 2.24. The molecular formula is C24H18ClF3N6OS. The van der Waals surface area contributed by atoms with Crippen molar-refractivity contribution in [2.24, 2.45) is 5.10 Å². The second-order valence-electron chi connectivity index (χ2n) is 7.36. The third-order valence-corrected chi connectivity index (χ3v) is 5.23. The van der Waals surface area contributed by atoms with Crippen LogP contribution in [0.15, 0.2) is 84.2 Å². The molecule has 4 rings (SSSR count). The summed E-state index contributed by atoms with van der Waals surface area (Å²) in [5.74, 6) is 0.149. The topological polar surface area (TPSA) is 76.4 Å². The maximum atomic E-state index is 12.3. The third-order valence-electron chi connectivity index (χ3n) is 4.74. The van der Waals surface area contributed by atoms with Gasteiger partial charge in [-0.1, -0.05) is 48.0 Å². The van der Waals surface area contributed by atoms with Crippen molar-refractivity contribution in [2.45, 2.75) is 12.9 Å². The summed E-state index contributed by atoms with van der Waals surface area (Å²) in [5, 5.41) is 12.6. The second-order valence-corrected chi connectivity index (χ2v) is 8.20. The molecule has 0 saturated carbocycles. The zero-order chi connectivity index (χ0) is 25.5. The van der Waals surface area contributed by atoms with Crippen molar-refractivity contribution in [2.75, 3.05) is 0 Å². The van der Waals surface area contributed by atoms with Gasteiger partial charge in [0.05, 0.1) is 11.9 Å². The number of alkyl halides is 3. The van der Waals surface area contributed by atoms with Crippen LogP contribution in [0, 0.1) is 0 Å². The van der Waals surface area contributed by atoms with E-state index >= 15 is 0 Å². The molecule has 0 atom stereocenters. The highest BCUT2D eigenvalue weighted by molar-refractivity contribution is 7.80. The fourth-order valence-electron chi connectivity index (χ4n) is 3.03. The van der Waals surface area contributed by atoms with Gasteiger partial charge < -0.3 is 10.1 Å². The number of aromatic nitrogens is 3. The summed E-state index contributed by atoms with van der Waals surface area (Å²) in [4.78, 5) is 4.27. The van der Waals surface area contributed by atoms with Gasteiger partial charge in [0.15, 0.2) is 10.9 Å². The lowest BCUT2D eigenvalue weighted by Gasteiger charge is -2.09. The number of ether oxygens (including phenoxy) is 1. The number of hydrazone groups is 1. The highest BCUT2D eigenvalue weighted by atomic mass is 35.5. The minimum Gasteiger partial charge on any atom is -0.406 e. The van der Waals surface area contributed by atoms with Crippen molar-refractivity contribution in [3.8, 4) is 22.8 Å². The molecule has 0 aliphatic rings. The van der Waals surface area contributed by atoms with E-state index < -0.39 is 6.36 Å². The number of nitrogens with zero attached hydrogens (tertiary/aromatic N) is 4. The van der Waals surface area contributed by atoms with Crippen LogP contribution in [-0.2, 0) is 6.54 Å². The molecule has 1 aromatic heterocycles. The van der Waals surface area contributed by atoms with Gasteiger partial charge in [-0.2, -0.15) is 5.10 Å². The van der Waals surface area contributed by atoms with Crippen LogP contribution in [0.3, 0.4) is 0 Å². The van der Waals surface area contributed by atoms with E-state index in [0.29, 0.717) is 28.2 Å². The zero-order valence-electron chi connectivity index (χ0n) is 18.4. The van der Waals surface area contributed by atoms with E-state index in [1.807, 2.05) is 48.5 Å². The number of hydrogen-bond acceptors (Lipinski definition) is 5. The lowest BCUT2D eigenvalue weighted by Crippen LogP contribution is -2.31. The molecule has 1 heterocycles. The first-order chi connectivity index (χ1) is 17.2. The Bertz CT molecular complexity index is 1340. The van der Waals surface area contributed by atoms with Crippen molar-refractivity contribution in [1.82, 2.24) is 25.5 Å². The smallest absolute Gasteiger partial charge is 0.406 e. The number of hydrogen-bond donors (Lipinski definition) is 2. The van der Waals surface area contributed by atoms with Gasteiger partial charge in [0.2, 0.25) is 0 Å². The molecular weight excluding hydrogens is 513 g/mol. The van der Waals surface area contributed by atoms with Gasteiger partial charge in [0, 0.05) is 17.1 Å². The van der Waals surface area contributed by atoms with Gasteiger partial charge in [-0.15, -0.1) is 18.3 Å². The molecule has 0 radical (unpaired) electrons. The highest BCUT2D eigenvalue weighted by Gasteiger charge is 2.31. The molecule has 2 N–H and O–H groups in total. The lowest BCUT2D eigenvalue weighted by molar-refractivity contribution is -0.274. The summed E-state index contributed by atoms with van der Waals surface area (Å²) in [5.41, 5.74) is 5.92. The maximum Gasteiger partial charge on any atom is 0.573 e. The molecule has 0 saturated heterocycles. The summed E-state index contributed by atoms with van der Waals surface area (Å²) in [6, 6.07) is 20.1. The van der Waals surface area contributed by atoms with Crippen molar-refractivity contribution < 1.29 is 17.9 Å². The van der Waals surface area contributed by atoms with Crippen LogP contribution in [0.25, 0.3) is 17.1 Å². The molecule has 0 aliphatic heterocycles. The van der Waals surface area contributed by atoms with Gasteiger partial charge in [-0.25, -0.2) is 9.67 Å². The minimum absolute atomic E-state index is 0.309. The van der Waals surface area contributed by atoms with Crippen LogP contribution in [0.1, 0.15) is 11.1 Å². The molecule has 0 spiro atoms. The molecule has 0 bridgehead atoms. The first-order valence-electron chi connectivity index (χ1n) is 10.4. The summed E-state index contributed by atoms with van der Waals surface area (Å²) in [6.45, 7) is 0.540. The van der Waals surface area contributed by atoms with E-state index in [1.54, 1.807) is 6.21 Å². The normalized spacial score (nSPS) is 11.4. The largest absolute Gasteiger partial charge is 0.573 e. The Balaban J connectivity index is 1.30. The van der Waals surface area contributed by atoms with Crippen LogP contribution in [-0.4, -0.2) is 32.5 Å². The molecule has 184 valence electrons. The Labute approximate surface area is 214 Å². The Morgan fingerprint density at radius 1 is 1.03 bits per heavy atom. The molecule has 0 fully saturated rings. The van der Waals surface area contributed by atoms with Gasteiger partial charge >= 0.3 is 6.36 Å². The standard InChI is InChI=1S/C24H18ClF3N6OS/c25-19-7-3-16(4-8-19)13-29-23(36)32-31-14-17-1-5-18(6-2-17)22-30-15-34(33-22)20-9-11-21(12-10-20)35-24(26,27)28/h1-12,14-15H,13H2,(H2,29,32,36)/b31-14+. The SMILES string of the molecule is FC(F)(F)Oc1ccc(-n2cnc(-c3ccc(/C=N/NC(=S)NCc4ccc(Cl)cc4)cc3)n2)cc1. The molecule has 7 nitrogen and oxygen atoms in total. The Morgan fingerprint density at radius 2 is 1.72 bits per heavy atom. The number of rotatable bonds is 7. The van der Waals surface area contributed by atoms with Gasteiger partial charge in [0.1, 0.15) is 12.1 Å². The summed E-state index contributed by atoms with van der Waals surface area (Å²) in [7, 11) is 0. The monoisotopic (exact) mass is 530 g/mol. The fraction of sp³-hybridized carbons (Fsp3) is 0.0833. The molecule has 0 amide bonds. The molecule has 0 unspecified atom stereocenters. The zero-order valence-corrected chi connectivity index (χ0v) is 20.0. The van der Waals surface area contributed by atoms with E-state index in [0.717, 1.165) is 16.7 Å². The minimum atomic E-state index is -4.74. The molecule has 12 heteroatoms. The van der Waals surface area contributed by atoms with Crippen molar-refractivity contribution in [3.05, 3.63) is 95.3 Å². The van der Waals surface area contributed by atoms with Gasteiger partial charge in [0.25, 0.3) is 0 Å². The molecule has 4 aromatic rings. The number of thiocarbonyl (C=S) groups is 1. The van der Waals surface area contributed by atoms with Crippen molar-refractivity contribution in [1.29, 1.82) is 0 Å². The molecule has 36 heavy (non-hydrogen) atoms. The van der Waals surface area contributed by atoms with Crippen LogP contribution in [0.2, 0.25) is 5.02 Å². The van der Waals surface area contributed by atoms with Crippen molar-refractivity contribution >= 4 is 35.1 Å². The van der Waals surface area contributed by atoms with Crippen LogP contribution < -0.4 is 15.5 Å². The van der Waals surface area contributed by atoms with E-state index in [2.05, 4.69) is 30.7 Å². The first-order valence-corrected chi connectivity index (χ1v) is 11.2. The fourth-order valence-corrected chi connectivity index (χ4v) is 3.28. The van der Waals surface area contributed by atoms with E-state index in [-0.39, 0.29) is 5.75 Å². The van der Waals surface area contributed by atoms with Crippen LogP contribution in [0.5, 0.6) is 5.75 Å². The Hall–Kier alpha value is -3.96. The quantitative estimate of drug-likeness (QED) is 0.187. The van der Waals surface area contributed by atoms with Crippen molar-refractivity contribution in [3.63, 3.8) is 0 Å². The number of benzene rings is 3. The number of halogens is 4. The van der Waals surface area contributed by atoms with E-state index in [1.165, 1.54) is 35.3 Å².